The van der Waals surface area contributed by atoms with Gasteiger partial charge in [-0.05, 0) is 25.5 Å². The van der Waals surface area contributed by atoms with Crippen molar-refractivity contribution in [2.24, 2.45) is 0 Å². The van der Waals surface area contributed by atoms with E-state index in [1.165, 1.54) is 24.3 Å². The molecule has 0 saturated carbocycles. The predicted molar refractivity (Wildman–Crippen MR) is 76.1 cm³/mol. The molecule has 1 atom stereocenters. The van der Waals surface area contributed by atoms with Crippen molar-refractivity contribution in [3.8, 4) is 0 Å². The number of rotatable bonds is 3. The van der Waals surface area contributed by atoms with Crippen LogP contribution in [-0.4, -0.2) is 36.4 Å². The number of carbonyl (C=O) groups is 1. The maximum absolute atomic E-state index is 13.8. The Bertz CT molecular complexity index is 501. The maximum atomic E-state index is 13.8. The molecule has 0 aromatic heterocycles. The third-order valence-corrected chi connectivity index (χ3v) is 4.46. The molecular formula is C13H17F2N3OS. The van der Waals surface area contributed by atoms with Crippen molar-refractivity contribution in [2.45, 2.75) is 19.4 Å². The summed E-state index contributed by atoms with van der Waals surface area (Å²) in [5.74, 6) is -1.27. The van der Waals surface area contributed by atoms with Crippen LogP contribution in [0.2, 0.25) is 0 Å². The number of benzene rings is 1. The Morgan fingerprint density at radius 1 is 1.40 bits per heavy atom. The van der Waals surface area contributed by atoms with E-state index >= 15 is 0 Å². The quantitative estimate of drug-likeness (QED) is 0.868. The molecule has 4 nitrogen and oxygen atoms in total. The van der Waals surface area contributed by atoms with Gasteiger partial charge in [-0.25, -0.2) is 13.1 Å². The summed E-state index contributed by atoms with van der Waals surface area (Å²) in [5.41, 5.74) is 0.338. The fraction of sp³-hybridized carbons (Fsp3) is 0.462. The average Bonchev–Trinajstić information content (AvgIpc) is 2.45. The second kappa shape index (κ2) is 6.41. The van der Waals surface area contributed by atoms with Crippen molar-refractivity contribution < 1.29 is 13.6 Å². The minimum absolute atomic E-state index is 0.0843. The van der Waals surface area contributed by atoms with Gasteiger partial charge in [0, 0.05) is 38.3 Å². The zero-order chi connectivity index (χ0) is 14.7. The minimum atomic E-state index is -0.594. The summed E-state index contributed by atoms with van der Waals surface area (Å²) in [6, 6.07) is 3.22. The zero-order valence-electron chi connectivity index (χ0n) is 11.4. The fourth-order valence-corrected chi connectivity index (χ4v) is 3.18. The van der Waals surface area contributed by atoms with Crippen molar-refractivity contribution in [1.29, 1.82) is 0 Å². The van der Waals surface area contributed by atoms with Crippen LogP contribution in [0.5, 0.6) is 0 Å². The van der Waals surface area contributed by atoms with Crippen molar-refractivity contribution in [3.05, 3.63) is 29.8 Å². The fourth-order valence-electron chi connectivity index (χ4n) is 2.03. The lowest BCUT2D eigenvalue weighted by Crippen LogP contribution is -2.45. The number of anilines is 1. The van der Waals surface area contributed by atoms with Gasteiger partial charge in [-0.1, -0.05) is 0 Å². The van der Waals surface area contributed by atoms with Crippen LogP contribution in [0.3, 0.4) is 0 Å². The lowest BCUT2D eigenvalue weighted by Gasteiger charge is -2.37. The molecule has 1 saturated heterocycles. The van der Waals surface area contributed by atoms with Crippen LogP contribution in [0.15, 0.2) is 18.2 Å². The van der Waals surface area contributed by atoms with Crippen LogP contribution in [0.1, 0.15) is 13.3 Å². The van der Waals surface area contributed by atoms with Gasteiger partial charge in [0.15, 0.2) is 0 Å². The number of halogens is 2. The third kappa shape index (κ3) is 3.21. The molecule has 0 radical (unpaired) electrons. The largest absolute Gasteiger partial charge is 0.358 e. The van der Waals surface area contributed by atoms with Gasteiger partial charge in [-0.15, -0.1) is 0 Å². The Morgan fingerprint density at radius 2 is 2.15 bits per heavy atom. The molecule has 20 heavy (non-hydrogen) atoms. The van der Waals surface area contributed by atoms with Crippen molar-refractivity contribution >= 4 is 23.7 Å². The molecule has 0 aliphatic carbocycles. The van der Waals surface area contributed by atoms with E-state index in [4.69, 9.17) is 0 Å². The van der Waals surface area contributed by atoms with E-state index in [2.05, 4.69) is 5.32 Å². The van der Waals surface area contributed by atoms with Crippen LogP contribution in [0, 0.1) is 11.6 Å². The summed E-state index contributed by atoms with van der Waals surface area (Å²) in [5, 5.41) is 2.60. The van der Waals surface area contributed by atoms with E-state index in [0.29, 0.717) is 12.2 Å². The monoisotopic (exact) mass is 301 g/mol. The third-order valence-electron chi connectivity index (χ3n) is 3.18. The summed E-state index contributed by atoms with van der Waals surface area (Å²) >= 11 is 1.30. The predicted octanol–water partition coefficient (Wildman–Crippen LogP) is 2.17. The first kappa shape index (κ1) is 15.1. The first-order valence-corrected chi connectivity index (χ1v) is 7.15. The van der Waals surface area contributed by atoms with Gasteiger partial charge >= 0.3 is 0 Å². The lowest BCUT2D eigenvalue weighted by molar-refractivity contribution is -0.123. The Labute approximate surface area is 121 Å². The van der Waals surface area contributed by atoms with Crippen LogP contribution >= 0.6 is 12.1 Å². The number of hydrogen-bond acceptors (Lipinski definition) is 4. The number of hydrogen-bond donors (Lipinski definition) is 1. The van der Waals surface area contributed by atoms with Gasteiger partial charge in [0.1, 0.15) is 11.6 Å². The van der Waals surface area contributed by atoms with E-state index < -0.39 is 11.6 Å². The van der Waals surface area contributed by atoms with Crippen molar-refractivity contribution in [2.75, 3.05) is 24.4 Å². The van der Waals surface area contributed by atoms with Crippen LogP contribution in [-0.2, 0) is 4.79 Å². The first-order chi connectivity index (χ1) is 9.52. The van der Waals surface area contributed by atoms with Gasteiger partial charge < -0.3 is 9.62 Å². The number of likely N-dealkylation sites (N-methyl/N-ethyl adjacent to an activating group) is 1. The molecule has 1 amide bonds. The Balaban J connectivity index is 2.12. The van der Waals surface area contributed by atoms with Gasteiger partial charge in [0.2, 0.25) is 5.91 Å². The lowest BCUT2D eigenvalue weighted by atomic mass is 10.2. The number of carbonyl (C=O) groups excluding carboxylic acids is 1. The highest BCUT2D eigenvalue weighted by atomic mass is 32.2. The summed E-state index contributed by atoms with van der Waals surface area (Å²) in [4.78, 5) is 11.7. The summed E-state index contributed by atoms with van der Waals surface area (Å²) in [6.45, 7) is 3.21. The van der Waals surface area contributed by atoms with Crippen LogP contribution in [0.4, 0.5) is 14.5 Å². The van der Waals surface area contributed by atoms with Crippen LogP contribution < -0.4 is 9.62 Å². The summed E-state index contributed by atoms with van der Waals surface area (Å²) < 4.78 is 30.4. The SMILES string of the molecule is CNC(=O)C(C)N1CCCN(c2ccc(F)cc2F)S1. The highest BCUT2D eigenvalue weighted by Gasteiger charge is 2.28. The van der Waals surface area contributed by atoms with Crippen molar-refractivity contribution in [3.63, 3.8) is 0 Å². The van der Waals surface area contributed by atoms with Gasteiger partial charge in [-0.2, -0.15) is 0 Å². The molecule has 1 heterocycles. The molecule has 1 N–H and O–H groups in total. The smallest absolute Gasteiger partial charge is 0.237 e. The summed E-state index contributed by atoms with van der Waals surface area (Å²) in [7, 11) is 1.59. The number of nitrogens with one attached hydrogen (secondary N) is 1. The molecule has 7 heteroatoms. The molecule has 0 bridgehead atoms. The van der Waals surface area contributed by atoms with Crippen LogP contribution in [0.25, 0.3) is 0 Å². The molecule has 1 aromatic carbocycles. The second-order valence-electron chi connectivity index (χ2n) is 4.56. The zero-order valence-corrected chi connectivity index (χ0v) is 12.2. The Hall–Kier alpha value is -1.34. The highest BCUT2D eigenvalue weighted by molar-refractivity contribution is 7.98. The molecule has 1 aromatic rings. The molecular weight excluding hydrogens is 284 g/mol. The van der Waals surface area contributed by atoms with E-state index in [0.717, 1.165) is 19.0 Å². The highest BCUT2D eigenvalue weighted by Crippen LogP contribution is 2.32. The Kier molecular flexibility index (Phi) is 4.82. The normalized spacial score (nSPS) is 17.9. The molecule has 2 rings (SSSR count). The molecule has 1 aliphatic heterocycles. The summed E-state index contributed by atoms with van der Waals surface area (Å²) in [6.07, 6.45) is 0.811. The van der Waals surface area contributed by atoms with Gasteiger partial charge in [0.25, 0.3) is 0 Å². The maximum Gasteiger partial charge on any atom is 0.237 e. The molecule has 0 spiro atoms. The van der Waals surface area contributed by atoms with Crippen molar-refractivity contribution in [1.82, 2.24) is 9.62 Å². The first-order valence-electron chi connectivity index (χ1n) is 6.42. The van der Waals surface area contributed by atoms with E-state index in [1.54, 1.807) is 18.3 Å². The number of amides is 1. The second-order valence-corrected chi connectivity index (χ2v) is 5.64. The Morgan fingerprint density at radius 3 is 2.80 bits per heavy atom. The molecule has 110 valence electrons. The standard InChI is InChI=1S/C13H17F2N3OS/c1-9(13(19)16-2)17-6-3-7-18(20-17)12-5-4-10(14)8-11(12)15/h4-5,8-9H,3,6-7H2,1-2H3,(H,16,19). The average molecular weight is 301 g/mol. The van der Waals surface area contributed by atoms with Gasteiger partial charge in [-0.3, -0.25) is 4.79 Å². The minimum Gasteiger partial charge on any atom is -0.358 e. The number of nitrogens with zero attached hydrogens (tertiary/aromatic N) is 2. The van der Waals surface area contributed by atoms with E-state index in [9.17, 15) is 13.6 Å². The van der Waals surface area contributed by atoms with Gasteiger partial charge in [0.05, 0.1) is 11.7 Å². The van der Waals surface area contributed by atoms with E-state index in [1.807, 2.05) is 4.31 Å². The topological polar surface area (TPSA) is 35.6 Å². The van der Waals surface area contributed by atoms with E-state index in [-0.39, 0.29) is 11.9 Å². The molecule has 1 fully saturated rings. The molecule has 1 aliphatic rings. The molecule has 1 unspecified atom stereocenters.